The maximum atomic E-state index is 11.5. The molecular weight excluding hydrogens is 364 g/mol. The lowest BCUT2D eigenvalue weighted by molar-refractivity contribution is 0.297. The Morgan fingerprint density at radius 1 is 1.40 bits per heavy atom. The van der Waals surface area contributed by atoms with Crippen LogP contribution in [0.5, 0.6) is 5.75 Å². The zero-order valence-corrected chi connectivity index (χ0v) is 16.0. The molecule has 7 nitrogen and oxygen atoms in total. The van der Waals surface area contributed by atoms with Crippen molar-refractivity contribution >= 4 is 33.3 Å². The standard InChI is InChI=1S/C16H25ClN4O3S/c1-24-15-8-7-12(9-13(15)17)20-16(18)19-10-11-5-3-4-6-14(11)21-25(2,22)23/h7-9,11,14,21H,3-6,10H2,1-2H3,(H3,18,19,20). The molecule has 1 fully saturated rings. The van der Waals surface area contributed by atoms with Gasteiger partial charge < -0.3 is 15.8 Å². The highest BCUT2D eigenvalue weighted by Crippen LogP contribution is 2.27. The van der Waals surface area contributed by atoms with Crippen LogP contribution in [0.4, 0.5) is 5.69 Å². The summed E-state index contributed by atoms with van der Waals surface area (Å²) in [7, 11) is -1.68. The van der Waals surface area contributed by atoms with Crippen LogP contribution in [0.2, 0.25) is 5.02 Å². The molecule has 0 aromatic heterocycles. The molecule has 0 heterocycles. The number of hydrogen-bond acceptors (Lipinski definition) is 4. The average Bonchev–Trinajstić information content (AvgIpc) is 2.53. The van der Waals surface area contributed by atoms with Crippen LogP contribution in [0.15, 0.2) is 23.2 Å². The maximum absolute atomic E-state index is 11.5. The molecule has 1 aliphatic rings. The van der Waals surface area contributed by atoms with Crippen molar-refractivity contribution in [2.24, 2.45) is 16.6 Å². The molecule has 2 unspecified atom stereocenters. The van der Waals surface area contributed by atoms with Gasteiger partial charge in [-0.1, -0.05) is 24.4 Å². The highest BCUT2D eigenvalue weighted by atomic mass is 35.5. The van der Waals surface area contributed by atoms with Gasteiger partial charge in [-0.05, 0) is 37.0 Å². The number of rotatable bonds is 6. The predicted molar refractivity (Wildman–Crippen MR) is 102 cm³/mol. The number of benzene rings is 1. The molecule has 9 heteroatoms. The smallest absolute Gasteiger partial charge is 0.208 e. The molecule has 2 atom stereocenters. The van der Waals surface area contributed by atoms with E-state index in [9.17, 15) is 8.42 Å². The number of anilines is 1. The van der Waals surface area contributed by atoms with E-state index >= 15 is 0 Å². The number of aliphatic imine (C=N–C) groups is 1. The Bertz CT molecular complexity index is 724. The van der Waals surface area contributed by atoms with Gasteiger partial charge in [-0.15, -0.1) is 0 Å². The summed E-state index contributed by atoms with van der Waals surface area (Å²) in [6.07, 6.45) is 5.04. The molecular formula is C16H25ClN4O3S. The molecule has 1 aromatic carbocycles. The third-order valence-electron chi connectivity index (χ3n) is 4.19. The van der Waals surface area contributed by atoms with Crippen molar-refractivity contribution in [2.75, 3.05) is 25.2 Å². The van der Waals surface area contributed by atoms with E-state index in [1.54, 1.807) is 25.3 Å². The van der Waals surface area contributed by atoms with Gasteiger partial charge in [0.2, 0.25) is 10.0 Å². The first-order valence-corrected chi connectivity index (χ1v) is 10.4. The van der Waals surface area contributed by atoms with Gasteiger partial charge in [0.1, 0.15) is 5.75 Å². The summed E-state index contributed by atoms with van der Waals surface area (Å²) in [6.45, 7) is 0.468. The van der Waals surface area contributed by atoms with Crippen LogP contribution in [0, 0.1) is 5.92 Å². The third-order valence-corrected chi connectivity index (χ3v) is 5.22. The van der Waals surface area contributed by atoms with Crippen molar-refractivity contribution in [3.05, 3.63) is 23.2 Å². The fourth-order valence-corrected chi connectivity index (χ4v) is 4.12. The zero-order valence-electron chi connectivity index (χ0n) is 14.5. The fraction of sp³-hybridized carbons (Fsp3) is 0.562. The maximum Gasteiger partial charge on any atom is 0.208 e. The van der Waals surface area contributed by atoms with E-state index in [2.05, 4.69) is 15.0 Å². The SMILES string of the molecule is COc1ccc(NC(N)=NCC2CCCCC2NS(C)(=O)=O)cc1Cl. The fourth-order valence-electron chi connectivity index (χ4n) is 3.00. The van der Waals surface area contributed by atoms with Crippen molar-refractivity contribution in [1.82, 2.24) is 4.72 Å². The first-order valence-electron chi connectivity index (χ1n) is 8.16. The largest absolute Gasteiger partial charge is 0.495 e. The van der Waals surface area contributed by atoms with E-state index in [-0.39, 0.29) is 17.9 Å². The van der Waals surface area contributed by atoms with E-state index in [1.165, 1.54) is 6.26 Å². The minimum Gasteiger partial charge on any atom is -0.495 e. The summed E-state index contributed by atoms with van der Waals surface area (Å²) in [6, 6.07) is 5.15. The lowest BCUT2D eigenvalue weighted by Crippen LogP contribution is -2.43. The highest BCUT2D eigenvalue weighted by molar-refractivity contribution is 7.88. The van der Waals surface area contributed by atoms with Crippen LogP contribution in [-0.4, -0.2) is 40.3 Å². The Morgan fingerprint density at radius 3 is 2.76 bits per heavy atom. The van der Waals surface area contributed by atoms with Gasteiger partial charge in [-0.3, -0.25) is 4.99 Å². The normalized spacial score (nSPS) is 21.8. The Balaban J connectivity index is 1.98. The molecule has 1 saturated carbocycles. The molecule has 0 aliphatic heterocycles. The van der Waals surface area contributed by atoms with Crippen LogP contribution < -0.4 is 20.5 Å². The molecule has 4 N–H and O–H groups in total. The molecule has 0 radical (unpaired) electrons. The van der Waals surface area contributed by atoms with Crippen molar-refractivity contribution < 1.29 is 13.2 Å². The Kier molecular flexibility index (Phi) is 6.92. The van der Waals surface area contributed by atoms with Crippen LogP contribution in [0.1, 0.15) is 25.7 Å². The second kappa shape index (κ2) is 8.73. The monoisotopic (exact) mass is 388 g/mol. The van der Waals surface area contributed by atoms with Crippen LogP contribution in [-0.2, 0) is 10.0 Å². The summed E-state index contributed by atoms with van der Waals surface area (Å²) >= 11 is 6.08. The van der Waals surface area contributed by atoms with Gasteiger partial charge in [0.15, 0.2) is 5.96 Å². The Morgan fingerprint density at radius 2 is 2.12 bits per heavy atom. The molecule has 0 bridgehead atoms. The molecule has 25 heavy (non-hydrogen) atoms. The molecule has 140 valence electrons. The lowest BCUT2D eigenvalue weighted by Gasteiger charge is -2.30. The summed E-state index contributed by atoms with van der Waals surface area (Å²) in [5.41, 5.74) is 6.65. The topological polar surface area (TPSA) is 106 Å². The van der Waals surface area contributed by atoms with Crippen molar-refractivity contribution in [3.8, 4) is 5.75 Å². The van der Waals surface area contributed by atoms with Gasteiger partial charge in [0.05, 0.1) is 18.4 Å². The lowest BCUT2D eigenvalue weighted by atomic mass is 9.85. The highest BCUT2D eigenvalue weighted by Gasteiger charge is 2.27. The first-order chi connectivity index (χ1) is 11.8. The van der Waals surface area contributed by atoms with Crippen molar-refractivity contribution in [2.45, 2.75) is 31.7 Å². The van der Waals surface area contributed by atoms with Gasteiger partial charge in [0.25, 0.3) is 0 Å². The number of halogens is 1. The summed E-state index contributed by atoms with van der Waals surface area (Å²) in [4.78, 5) is 4.37. The summed E-state index contributed by atoms with van der Waals surface area (Å²) in [5.74, 6) is 0.993. The van der Waals surface area contributed by atoms with Gasteiger partial charge in [-0.25, -0.2) is 13.1 Å². The second-order valence-electron chi connectivity index (χ2n) is 6.24. The molecule has 0 spiro atoms. The second-order valence-corrected chi connectivity index (χ2v) is 8.43. The molecule has 0 saturated heterocycles. The van der Waals surface area contributed by atoms with Crippen molar-refractivity contribution in [1.29, 1.82) is 0 Å². The quantitative estimate of drug-likeness (QED) is 0.511. The molecule has 1 aliphatic carbocycles. The number of ether oxygens (including phenoxy) is 1. The van der Waals surface area contributed by atoms with Gasteiger partial charge >= 0.3 is 0 Å². The number of nitrogens with one attached hydrogen (secondary N) is 2. The van der Waals surface area contributed by atoms with Gasteiger partial charge in [0, 0.05) is 18.3 Å². The Labute approximate surface area is 154 Å². The number of hydrogen-bond donors (Lipinski definition) is 3. The third kappa shape index (κ3) is 6.37. The number of methoxy groups -OCH3 is 1. The van der Waals surface area contributed by atoms with Gasteiger partial charge in [-0.2, -0.15) is 0 Å². The van der Waals surface area contributed by atoms with E-state index in [0.717, 1.165) is 25.7 Å². The minimum atomic E-state index is -3.23. The Hall–Kier alpha value is -1.51. The summed E-state index contributed by atoms with van der Waals surface area (Å²) in [5, 5.41) is 3.46. The first kappa shape index (κ1) is 19.8. The average molecular weight is 389 g/mol. The van der Waals surface area contributed by atoms with Crippen LogP contribution in [0.3, 0.4) is 0 Å². The molecule has 0 amide bonds. The van der Waals surface area contributed by atoms with E-state index in [0.29, 0.717) is 23.0 Å². The number of guanidine groups is 1. The molecule has 2 rings (SSSR count). The van der Waals surface area contributed by atoms with Crippen LogP contribution >= 0.6 is 11.6 Å². The van der Waals surface area contributed by atoms with E-state index in [4.69, 9.17) is 22.1 Å². The number of nitrogens with two attached hydrogens (primary N) is 1. The minimum absolute atomic E-state index is 0.0873. The van der Waals surface area contributed by atoms with E-state index in [1.807, 2.05) is 0 Å². The van der Waals surface area contributed by atoms with Crippen molar-refractivity contribution in [3.63, 3.8) is 0 Å². The predicted octanol–water partition coefficient (Wildman–Crippen LogP) is 2.18. The number of sulfonamides is 1. The molecule has 1 aromatic rings. The van der Waals surface area contributed by atoms with Crippen LogP contribution in [0.25, 0.3) is 0 Å². The summed E-state index contributed by atoms with van der Waals surface area (Å²) < 4.78 is 30.8. The zero-order chi connectivity index (χ0) is 18.4. The van der Waals surface area contributed by atoms with E-state index < -0.39 is 10.0 Å². The number of nitrogens with zero attached hydrogens (tertiary/aromatic N) is 1.